The molecular formula is C16H21NO5. The van der Waals surface area contributed by atoms with E-state index in [2.05, 4.69) is 4.99 Å². The Bertz CT molecular complexity index is 578. The van der Waals surface area contributed by atoms with Crippen molar-refractivity contribution in [1.82, 2.24) is 0 Å². The fourth-order valence-electron chi connectivity index (χ4n) is 1.73. The van der Waals surface area contributed by atoms with Crippen LogP contribution in [0.5, 0.6) is 11.5 Å². The largest absolute Gasteiger partial charge is 0.511 e. The van der Waals surface area contributed by atoms with Crippen molar-refractivity contribution >= 4 is 17.9 Å². The smallest absolute Gasteiger partial charge is 0.343 e. The summed E-state index contributed by atoms with van der Waals surface area (Å²) in [6.07, 6.45) is 2.29. The first-order valence-electron chi connectivity index (χ1n) is 7.03. The summed E-state index contributed by atoms with van der Waals surface area (Å²) in [4.78, 5) is 16.0. The van der Waals surface area contributed by atoms with Crippen LogP contribution < -0.4 is 4.74 Å². The Kier molecular flexibility index (Phi) is 6.95. The summed E-state index contributed by atoms with van der Waals surface area (Å²) in [5.74, 6) is -0.294. The minimum atomic E-state index is -0.630. The van der Waals surface area contributed by atoms with Crippen LogP contribution in [-0.2, 0) is 9.53 Å². The number of aliphatic imine (C=N–C) groups is 1. The summed E-state index contributed by atoms with van der Waals surface area (Å²) in [6.45, 7) is 3.78. The van der Waals surface area contributed by atoms with E-state index in [1.807, 2.05) is 6.92 Å². The lowest BCUT2D eigenvalue weighted by molar-refractivity contribution is -0.138. The lowest BCUT2D eigenvalue weighted by Gasteiger charge is -2.07. The lowest BCUT2D eigenvalue weighted by atomic mass is 10.1. The molecule has 1 aromatic rings. The van der Waals surface area contributed by atoms with Crippen LogP contribution in [0.25, 0.3) is 0 Å². The number of aliphatic hydroxyl groups is 1. The number of aliphatic hydroxyl groups excluding tert-OH is 1. The summed E-state index contributed by atoms with van der Waals surface area (Å²) in [5.41, 5.74) is 0.435. The molecule has 22 heavy (non-hydrogen) atoms. The molecule has 0 saturated carbocycles. The minimum Gasteiger partial charge on any atom is -0.511 e. The van der Waals surface area contributed by atoms with Gasteiger partial charge in [0.05, 0.1) is 13.7 Å². The summed E-state index contributed by atoms with van der Waals surface area (Å²) in [7, 11) is 1.45. The quantitative estimate of drug-likeness (QED) is 0.349. The Hall–Kier alpha value is -2.50. The molecule has 0 aliphatic heterocycles. The summed E-state index contributed by atoms with van der Waals surface area (Å²) >= 11 is 0. The van der Waals surface area contributed by atoms with Crippen molar-refractivity contribution in [3.05, 3.63) is 29.5 Å². The molecule has 0 fully saturated rings. The highest BCUT2D eigenvalue weighted by Crippen LogP contribution is 2.30. The van der Waals surface area contributed by atoms with E-state index in [9.17, 15) is 15.0 Å². The Balaban J connectivity index is 3.13. The van der Waals surface area contributed by atoms with E-state index in [1.165, 1.54) is 25.5 Å². The van der Waals surface area contributed by atoms with Gasteiger partial charge in [0.25, 0.3) is 0 Å². The van der Waals surface area contributed by atoms with Crippen molar-refractivity contribution in [2.75, 3.05) is 13.7 Å². The number of phenolic OH excluding ortho intramolecular Hbond substituents is 1. The SMILES string of the molecule is CCC/C(O)=C(\C=Nc1ccc(O)cc1OC)C(=O)OCC. The predicted molar refractivity (Wildman–Crippen MR) is 84.0 cm³/mol. The van der Waals surface area contributed by atoms with Gasteiger partial charge in [-0.05, 0) is 25.5 Å². The number of esters is 1. The van der Waals surface area contributed by atoms with Crippen molar-refractivity contribution in [3.8, 4) is 11.5 Å². The number of ether oxygens (including phenoxy) is 2. The van der Waals surface area contributed by atoms with Crippen molar-refractivity contribution in [3.63, 3.8) is 0 Å². The molecule has 0 saturated heterocycles. The third-order valence-corrected chi connectivity index (χ3v) is 2.79. The van der Waals surface area contributed by atoms with Gasteiger partial charge in [0, 0.05) is 18.7 Å². The Morgan fingerprint density at radius 1 is 1.36 bits per heavy atom. The highest BCUT2D eigenvalue weighted by Gasteiger charge is 2.14. The maximum atomic E-state index is 11.9. The van der Waals surface area contributed by atoms with Gasteiger partial charge in [-0.25, -0.2) is 4.79 Å². The van der Waals surface area contributed by atoms with Gasteiger partial charge in [0.2, 0.25) is 0 Å². The van der Waals surface area contributed by atoms with Gasteiger partial charge in [0.1, 0.15) is 28.5 Å². The van der Waals surface area contributed by atoms with E-state index >= 15 is 0 Å². The Labute approximate surface area is 129 Å². The van der Waals surface area contributed by atoms with Gasteiger partial charge in [-0.1, -0.05) is 6.92 Å². The number of rotatable bonds is 7. The van der Waals surface area contributed by atoms with Crippen LogP contribution in [0, 0.1) is 0 Å². The normalized spacial score (nSPS) is 12.1. The molecule has 0 aliphatic rings. The molecule has 0 spiro atoms. The maximum Gasteiger partial charge on any atom is 0.343 e. The van der Waals surface area contributed by atoms with Crippen LogP contribution in [-0.4, -0.2) is 36.1 Å². The zero-order valence-electron chi connectivity index (χ0n) is 13.0. The molecule has 0 radical (unpaired) electrons. The average molecular weight is 307 g/mol. The number of nitrogens with zero attached hydrogens (tertiary/aromatic N) is 1. The van der Waals surface area contributed by atoms with Gasteiger partial charge in [0.15, 0.2) is 0 Å². The third-order valence-electron chi connectivity index (χ3n) is 2.79. The second-order valence-corrected chi connectivity index (χ2v) is 4.45. The number of hydrogen-bond acceptors (Lipinski definition) is 6. The minimum absolute atomic E-state index is 0.0128. The Morgan fingerprint density at radius 3 is 2.68 bits per heavy atom. The van der Waals surface area contributed by atoms with Crippen LogP contribution in [0.3, 0.4) is 0 Å². The number of carbonyl (C=O) groups excluding carboxylic acids is 1. The van der Waals surface area contributed by atoms with Gasteiger partial charge < -0.3 is 19.7 Å². The predicted octanol–water partition coefficient (Wildman–Crippen LogP) is 3.28. The third kappa shape index (κ3) is 4.80. The molecule has 1 rings (SSSR count). The average Bonchev–Trinajstić information content (AvgIpc) is 2.49. The second kappa shape index (κ2) is 8.71. The van der Waals surface area contributed by atoms with Crippen LogP contribution >= 0.6 is 0 Å². The van der Waals surface area contributed by atoms with Gasteiger partial charge in [-0.3, -0.25) is 4.99 Å². The fourth-order valence-corrected chi connectivity index (χ4v) is 1.73. The monoisotopic (exact) mass is 307 g/mol. The van der Waals surface area contributed by atoms with E-state index in [-0.39, 0.29) is 23.7 Å². The standard InChI is InChI=1S/C16H21NO5/c1-4-6-14(19)12(16(20)22-5-2)10-17-13-8-7-11(18)9-15(13)21-3/h7-10,18-19H,4-6H2,1-3H3/b14-12-,17-10?. The van der Waals surface area contributed by atoms with E-state index in [0.717, 1.165) is 0 Å². The summed E-state index contributed by atoms with van der Waals surface area (Å²) in [5, 5.41) is 19.4. The van der Waals surface area contributed by atoms with Crippen molar-refractivity contribution in [1.29, 1.82) is 0 Å². The Morgan fingerprint density at radius 2 is 2.09 bits per heavy atom. The molecule has 0 amide bonds. The molecule has 0 aliphatic carbocycles. The molecule has 0 heterocycles. The first-order chi connectivity index (χ1) is 10.5. The highest BCUT2D eigenvalue weighted by atomic mass is 16.5. The number of benzene rings is 1. The number of hydrogen-bond donors (Lipinski definition) is 2. The molecule has 1 aromatic carbocycles. The van der Waals surface area contributed by atoms with Crippen LogP contribution in [0.15, 0.2) is 34.5 Å². The van der Waals surface area contributed by atoms with E-state index in [4.69, 9.17) is 9.47 Å². The lowest BCUT2D eigenvalue weighted by Crippen LogP contribution is -2.11. The maximum absolute atomic E-state index is 11.9. The van der Waals surface area contributed by atoms with Crippen LogP contribution in [0.2, 0.25) is 0 Å². The van der Waals surface area contributed by atoms with Crippen molar-refractivity contribution in [2.45, 2.75) is 26.7 Å². The molecule has 2 N–H and O–H groups in total. The summed E-state index contributed by atoms with van der Waals surface area (Å²) in [6, 6.07) is 4.41. The molecule has 6 heteroatoms. The number of allylic oxidation sites excluding steroid dienone is 1. The number of carbonyl (C=O) groups is 1. The molecule has 0 bridgehead atoms. The fraction of sp³-hybridized carbons (Fsp3) is 0.375. The number of phenols is 1. The van der Waals surface area contributed by atoms with Crippen molar-refractivity contribution < 1.29 is 24.5 Å². The van der Waals surface area contributed by atoms with Gasteiger partial charge in [-0.2, -0.15) is 0 Å². The molecule has 120 valence electrons. The highest BCUT2D eigenvalue weighted by molar-refractivity contribution is 6.10. The number of aromatic hydroxyl groups is 1. The van der Waals surface area contributed by atoms with Crippen molar-refractivity contribution in [2.24, 2.45) is 4.99 Å². The zero-order valence-corrected chi connectivity index (χ0v) is 13.0. The number of methoxy groups -OCH3 is 1. The summed E-state index contributed by atoms with van der Waals surface area (Å²) < 4.78 is 10.0. The second-order valence-electron chi connectivity index (χ2n) is 4.45. The first-order valence-corrected chi connectivity index (χ1v) is 7.03. The van der Waals surface area contributed by atoms with E-state index in [0.29, 0.717) is 24.3 Å². The molecule has 6 nitrogen and oxygen atoms in total. The zero-order chi connectivity index (χ0) is 16.5. The molecule has 0 aromatic heterocycles. The molecular weight excluding hydrogens is 286 g/mol. The van der Waals surface area contributed by atoms with Crippen LogP contribution in [0.4, 0.5) is 5.69 Å². The molecule has 0 atom stereocenters. The van der Waals surface area contributed by atoms with Gasteiger partial charge >= 0.3 is 5.97 Å². The van der Waals surface area contributed by atoms with Gasteiger partial charge in [-0.15, -0.1) is 0 Å². The van der Waals surface area contributed by atoms with E-state index < -0.39 is 5.97 Å². The van der Waals surface area contributed by atoms with Crippen LogP contribution in [0.1, 0.15) is 26.7 Å². The molecule has 0 unspecified atom stereocenters. The van der Waals surface area contributed by atoms with E-state index in [1.54, 1.807) is 13.0 Å². The topological polar surface area (TPSA) is 88.4 Å². The first kappa shape index (κ1) is 17.6.